The lowest BCUT2D eigenvalue weighted by molar-refractivity contribution is 0.0341. The molecule has 3 atom stereocenters. The van der Waals surface area contributed by atoms with Crippen LogP contribution in [0.3, 0.4) is 0 Å². The molecule has 9 nitrogen and oxygen atoms in total. The summed E-state index contributed by atoms with van der Waals surface area (Å²) in [5, 5.41) is 9.91. The molecular formula is C30H37N3O6S. The molecule has 1 aliphatic heterocycles. The number of nitrogens with zero attached hydrogens (tertiary/aromatic N) is 2. The molecule has 0 aromatic heterocycles. The van der Waals surface area contributed by atoms with Crippen LogP contribution in [-0.2, 0) is 16.6 Å². The molecule has 0 bridgehead atoms. The van der Waals surface area contributed by atoms with Crippen molar-refractivity contribution in [2.75, 3.05) is 38.6 Å². The first kappa shape index (κ1) is 29.4. The van der Waals surface area contributed by atoms with Gasteiger partial charge in [0.2, 0.25) is 0 Å². The molecule has 2 N–H and O–H groups in total. The number of carbonyl (C=O) groups is 1. The quantitative estimate of drug-likeness (QED) is 0.383. The van der Waals surface area contributed by atoms with Gasteiger partial charge in [0.1, 0.15) is 17.6 Å². The van der Waals surface area contributed by atoms with Crippen molar-refractivity contribution in [2.45, 2.75) is 37.4 Å². The van der Waals surface area contributed by atoms with Gasteiger partial charge in [-0.3, -0.25) is 14.4 Å². The van der Waals surface area contributed by atoms with Crippen molar-refractivity contribution in [2.24, 2.45) is 5.92 Å². The topological polar surface area (TPSA) is 108 Å². The highest BCUT2D eigenvalue weighted by Crippen LogP contribution is 2.31. The van der Waals surface area contributed by atoms with Crippen molar-refractivity contribution in [1.29, 1.82) is 0 Å². The zero-order valence-corrected chi connectivity index (χ0v) is 24.1. The Bertz CT molecular complexity index is 1400. The third-order valence-electron chi connectivity index (χ3n) is 7.07. The van der Waals surface area contributed by atoms with E-state index in [1.54, 1.807) is 49.3 Å². The van der Waals surface area contributed by atoms with Crippen molar-refractivity contribution in [3.8, 4) is 11.5 Å². The highest BCUT2D eigenvalue weighted by Gasteiger charge is 2.33. The van der Waals surface area contributed by atoms with E-state index in [0.29, 0.717) is 25.4 Å². The molecule has 0 unspecified atom stereocenters. The van der Waals surface area contributed by atoms with Gasteiger partial charge in [-0.15, -0.1) is 0 Å². The summed E-state index contributed by atoms with van der Waals surface area (Å²) in [5.74, 6) is 0.806. The summed E-state index contributed by atoms with van der Waals surface area (Å²) in [4.78, 5) is 17.6. The zero-order valence-electron chi connectivity index (χ0n) is 23.3. The van der Waals surface area contributed by atoms with Gasteiger partial charge < -0.3 is 19.5 Å². The molecule has 40 heavy (non-hydrogen) atoms. The predicted octanol–water partition coefficient (Wildman–Crippen LogP) is 3.85. The number of hydrogen-bond donors (Lipinski definition) is 2. The van der Waals surface area contributed by atoms with Crippen molar-refractivity contribution in [3.05, 3.63) is 83.9 Å². The summed E-state index contributed by atoms with van der Waals surface area (Å²) in [6.07, 6.45) is -0.268. The molecular weight excluding hydrogens is 530 g/mol. The minimum absolute atomic E-state index is 0.0410. The van der Waals surface area contributed by atoms with Crippen LogP contribution in [0.5, 0.6) is 11.5 Å². The number of likely N-dealkylation sites (N-methyl/N-ethyl adjacent to an activating group) is 1. The van der Waals surface area contributed by atoms with E-state index in [9.17, 15) is 18.3 Å². The second-order valence-corrected chi connectivity index (χ2v) is 12.0. The molecule has 1 heterocycles. The van der Waals surface area contributed by atoms with E-state index >= 15 is 0 Å². The molecule has 0 aliphatic carbocycles. The third kappa shape index (κ3) is 6.93. The van der Waals surface area contributed by atoms with E-state index in [1.165, 1.54) is 18.2 Å². The van der Waals surface area contributed by atoms with Gasteiger partial charge in [0, 0.05) is 31.2 Å². The van der Waals surface area contributed by atoms with E-state index in [0.717, 1.165) is 11.3 Å². The average molecular weight is 568 g/mol. The van der Waals surface area contributed by atoms with Gasteiger partial charge in [-0.25, -0.2) is 8.42 Å². The van der Waals surface area contributed by atoms with E-state index < -0.39 is 16.1 Å². The molecule has 0 radical (unpaired) electrons. The number of hydrogen-bond acceptors (Lipinski definition) is 7. The third-order valence-corrected chi connectivity index (χ3v) is 8.47. The number of benzene rings is 3. The number of aliphatic hydroxyl groups excluding tert-OH is 1. The Hall–Kier alpha value is -3.60. The number of sulfonamides is 1. The van der Waals surface area contributed by atoms with Gasteiger partial charge in [-0.2, -0.15) is 0 Å². The molecule has 0 saturated heterocycles. The minimum Gasteiger partial charge on any atom is -0.497 e. The predicted molar refractivity (Wildman–Crippen MR) is 154 cm³/mol. The SMILES string of the molecule is COc1ccc(CN(C)C[C@H]2Oc3ccc(NS(=O)(=O)c4ccccc4)cc3C(=O)N([C@@H](C)CO)C[C@@H]2C)cc1. The summed E-state index contributed by atoms with van der Waals surface area (Å²) in [6, 6.07) is 20.2. The van der Waals surface area contributed by atoms with Gasteiger partial charge in [0.25, 0.3) is 15.9 Å². The van der Waals surface area contributed by atoms with Gasteiger partial charge in [-0.05, 0) is 62.0 Å². The number of nitrogens with one attached hydrogen (secondary N) is 1. The molecule has 0 spiro atoms. The standard InChI is InChI=1S/C30H37N3O6S/c1-21-17-33(22(2)20-34)30(35)27-16-24(31-40(36,37)26-8-6-5-7-9-26)12-15-28(27)39-29(21)19-32(3)18-23-10-13-25(38-4)14-11-23/h5-16,21-22,29,31,34H,17-20H2,1-4H3/t21-,22-,29+/m0/s1. The first-order valence-corrected chi connectivity index (χ1v) is 14.7. The van der Waals surface area contributed by atoms with Crippen LogP contribution in [0.25, 0.3) is 0 Å². The lowest BCUT2D eigenvalue weighted by atomic mass is 9.99. The van der Waals surface area contributed by atoms with Crippen LogP contribution in [0.1, 0.15) is 29.8 Å². The molecule has 3 aromatic rings. The fraction of sp³-hybridized carbons (Fsp3) is 0.367. The van der Waals surface area contributed by atoms with Crippen LogP contribution in [0.4, 0.5) is 5.69 Å². The second-order valence-electron chi connectivity index (χ2n) is 10.3. The Kier molecular flexibility index (Phi) is 9.34. The first-order valence-electron chi connectivity index (χ1n) is 13.2. The summed E-state index contributed by atoms with van der Waals surface area (Å²) in [5.41, 5.74) is 1.62. The molecule has 10 heteroatoms. The van der Waals surface area contributed by atoms with Crippen LogP contribution in [0.15, 0.2) is 77.7 Å². The number of fused-ring (bicyclic) bond motifs is 1. The lowest BCUT2D eigenvalue weighted by Crippen LogP contribution is -2.49. The van der Waals surface area contributed by atoms with Crippen molar-refractivity contribution >= 4 is 21.6 Å². The Labute approximate surface area is 236 Å². The van der Waals surface area contributed by atoms with Crippen LogP contribution in [0.2, 0.25) is 0 Å². The molecule has 1 aliphatic rings. The Morgan fingerprint density at radius 1 is 1.12 bits per heavy atom. The van der Waals surface area contributed by atoms with Crippen LogP contribution in [0, 0.1) is 5.92 Å². The van der Waals surface area contributed by atoms with Gasteiger partial charge in [0.15, 0.2) is 0 Å². The molecule has 0 saturated carbocycles. The van der Waals surface area contributed by atoms with Crippen molar-refractivity contribution < 1.29 is 27.8 Å². The monoisotopic (exact) mass is 567 g/mol. The number of rotatable bonds is 10. The Morgan fingerprint density at radius 2 is 1.82 bits per heavy atom. The molecule has 0 fully saturated rings. The van der Waals surface area contributed by atoms with Crippen molar-refractivity contribution in [3.63, 3.8) is 0 Å². The number of carbonyl (C=O) groups excluding carboxylic acids is 1. The highest BCUT2D eigenvalue weighted by atomic mass is 32.2. The fourth-order valence-corrected chi connectivity index (χ4v) is 5.80. The van der Waals surface area contributed by atoms with E-state index in [4.69, 9.17) is 9.47 Å². The summed E-state index contributed by atoms with van der Waals surface area (Å²) in [6.45, 7) is 5.28. The smallest absolute Gasteiger partial charge is 0.261 e. The molecule has 214 valence electrons. The summed E-state index contributed by atoms with van der Waals surface area (Å²) in [7, 11) is -0.195. The maximum atomic E-state index is 13.7. The first-order chi connectivity index (χ1) is 19.1. The number of ether oxygens (including phenoxy) is 2. The van der Waals surface area contributed by atoms with Crippen molar-refractivity contribution in [1.82, 2.24) is 9.80 Å². The van der Waals surface area contributed by atoms with Gasteiger partial charge >= 0.3 is 0 Å². The number of methoxy groups -OCH3 is 1. The largest absolute Gasteiger partial charge is 0.497 e. The normalized spacial score (nSPS) is 18.4. The van der Waals surface area contributed by atoms with E-state index in [2.05, 4.69) is 9.62 Å². The van der Waals surface area contributed by atoms with Gasteiger partial charge in [-0.1, -0.05) is 37.3 Å². The highest BCUT2D eigenvalue weighted by molar-refractivity contribution is 7.92. The van der Waals surface area contributed by atoms with E-state index in [-0.39, 0.29) is 40.7 Å². The Morgan fingerprint density at radius 3 is 2.48 bits per heavy atom. The molecule has 1 amide bonds. The van der Waals surface area contributed by atoms with Gasteiger partial charge in [0.05, 0.1) is 30.2 Å². The minimum atomic E-state index is -3.85. The summed E-state index contributed by atoms with van der Waals surface area (Å²) < 4.78 is 40.1. The molecule has 4 rings (SSSR count). The lowest BCUT2D eigenvalue weighted by Gasteiger charge is -2.38. The maximum Gasteiger partial charge on any atom is 0.261 e. The zero-order chi connectivity index (χ0) is 28.9. The van der Waals surface area contributed by atoms with Crippen LogP contribution in [-0.4, -0.2) is 75.2 Å². The molecule has 3 aromatic carbocycles. The van der Waals surface area contributed by atoms with Crippen LogP contribution < -0.4 is 14.2 Å². The maximum absolute atomic E-state index is 13.7. The average Bonchev–Trinajstić information content (AvgIpc) is 2.95. The Balaban J connectivity index is 1.61. The number of amides is 1. The van der Waals surface area contributed by atoms with E-state index in [1.807, 2.05) is 38.2 Å². The second kappa shape index (κ2) is 12.7. The fourth-order valence-electron chi connectivity index (χ4n) is 4.73. The number of anilines is 1. The van der Waals surface area contributed by atoms with Crippen LogP contribution >= 0.6 is 0 Å². The number of aliphatic hydroxyl groups is 1. The summed E-state index contributed by atoms with van der Waals surface area (Å²) >= 11 is 0.